The van der Waals surface area contributed by atoms with Crippen LogP contribution in [0.25, 0.3) is 10.9 Å². The standard InChI is InChI=1S/C15H19NO/c1-9(2)12-6-5-7-13-14(11(4)17)8-10(3)16-15(12)13/h5-9,11,17H,1-4H3. The Balaban J connectivity index is 2.83. The molecule has 2 heteroatoms. The maximum absolute atomic E-state index is 9.85. The van der Waals surface area contributed by atoms with E-state index >= 15 is 0 Å². The molecule has 1 atom stereocenters. The van der Waals surface area contributed by atoms with Crippen molar-refractivity contribution in [1.82, 2.24) is 4.98 Å². The third-order valence-corrected chi connectivity index (χ3v) is 3.10. The Morgan fingerprint density at radius 1 is 1.12 bits per heavy atom. The number of pyridine rings is 1. The Morgan fingerprint density at radius 2 is 1.82 bits per heavy atom. The van der Waals surface area contributed by atoms with Crippen LogP contribution >= 0.6 is 0 Å². The monoisotopic (exact) mass is 229 g/mol. The predicted octanol–water partition coefficient (Wildman–Crippen LogP) is 3.72. The summed E-state index contributed by atoms with van der Waals surface area (Å²) < 4.78 is 0. The average Bonchev–Trinajstić information content (AvgIpc) is 2.26. The lowest BCUT2D eigenvalue weighted by molar-refractivity contribution is 0.200. The second-order valence-corrected chi connectivity index (χ2v) is 4.93. The van der Waals surface area contributed by atoms with E-state index in [0.29, 0.717) is 5.92 Å². The van der Waals surface area contributed by atoms with E-state index in [4.69, 9.17) is 0 Å². The van der Waals surface area contributed by atoms with Gasteiger partial charge in [0.05, 0.1) is 11.6 Å². The summed E-state index contributed by atoms with van der Waals surface area (Å²) in [7, 11) is 0. The number of aromatic nitrogens is 1. The molecule has 1 aromatic heterocycles. The molecule has 0 saturated carbocycles. The Bertz CT molecular complexity index is 544. The van der Waals surface area contributed by atoms with Gasteiger partial charge in [-0.1, -0.05) is 32.0 Å². The molecule has 0 aliphatic carbocycles. The van der Waals surface area contributed by atoms with E-state index in [-0.39, 0.29) is 0 Å². The summed E-state index contributed by atoms with van der Waals surface area (Å²) in [6.07, 6.45) is -0.457. The zero-order valence-electron chi connectivity index (χ0n) is 10.9. The first-order valence-corrected chi connectivity index (χ1v) is 6.09. The number of aliphatic hydroxyl groups is 1. The van der Waals surface area contributed by atoms with Crippen molar-refractivity contribution in [1.29, 1.82) is 0 Å². The Morgan fingerprint density at radius 3 is 2.41 bits per heavy atom. The fraction of sp³-hybridized carbons (Fsp3) is 0.400. The normalized spacial score (nSPS) is 13.3. The van der Waals surface area contributed by atoms with Crippen LogP contribution in [-0.4, -0.2) is 10.1 Å². The van der Waals surface area contributed by atoms with Crippen molar-refractivity contribution in [2.75, 3.05) is 0 Å². The summed E-state index contributed by atoms with van der Waals surface area (Å²) in [5, 5.41) is 10.9. The van der Waals surface area contributed by atoms with Crippen LogP contribution in [-0.2, 0) is 0 Å². The summed E-state index contributed by atoms with van der Waals surface area (Å²) in [4.78, 5) is 4.63. The van der Waals surface area contributed by atoms with Gasteiger partial charge in [-0.25, -0.2) is 0 Å². The van der Waals surface area contributed by atoms with E-state index in [2.05, 4.69) is 24.9 Å². The van der Waals surface area contributed by atoms with Crippen molar-refractivity contribution < 1.29 is 5.11 Å². The summed E-state index contributed by atoms with van der Waals surface area (Å²) >= 11 is 0. The van der Waals surface area contributed by atoms with E-state index in [1.807, 2.05) is 25.1 Å². The van der Waals surface area contributed by atoms with Crippen molar-refractivity contribution >= 4 is 10.9 Å². The van der Waals surface area contributed by atoms with Gasteiger partial charge in [-0.2, -0.15) is 0 Å². The van der Waals surface area contributed by atoms with Crippen molar-refractivity contribution in [2.45, 2.75) is 39.7 Å². The molecule has 1 aromatic carbocycles. The third kappa shape index (κ3) is 2.18. The van der Waals surface area contributed by atoms with Gasteiger partial charge in [0.15, 0.2) is 0 Å². The third-order valence-electron chi connectivity index (χ3n) is 3.10. The highest BCUT2D eigenvalue weighted by molar-refractivity contribution is 5.86. The largest absolute Gasteiger partial charge is 0.389 e. The Labute approximate surface area is 102 Å². The van der Waals surface area contributed by atoms with Crippen molar-refractivity contribution in [2.24, 2.45) is 0 Å². The van der Waals surface area contributed by atoms with Gasteiger partial charge in [-0.05, 0) is 37.0 Å². The minimum atomic E-state index is -0.457. The highest BCUT2D eigenvalue weighted by Gasteiger charge is 2.12. The van der Waals surface area contributed by atoms with Crippen LogP contribution in [0.1, 0.15) is 49.6 Å². The molecule has 2 rings (SSSR count). The molecule has 1 N–H and O–H groups in total. The summed E-state index contributed by atoms with van der Waals surface area (Å²) in [5.74, 6) is 0.440. The number of aryl methyl sites for hydroxylation is 1. The molecule has 1 unspecified atom stereocenters. The summed E-state index contributed by atoms with van der Waals surface area (Å²) in [6, 6.07) is 8.17. The number of rotatable bonds is 2. The number of hydrogen-bond acceptors (Lipinski definition) is 2. The molecule has 17 heavy (non-hydrogen) atoms. The first-order chi connectivity index (χ1) is 8.00. The molecule has 0 radical (unpaired) electrons. The second-order valence-electron chi connectivity index (χ2n) is 4.93. The van der Waals surface area contributed by atoms with Gasteiger partial charge in [0, 0.05) is 11.1 Å². The first-order valence-electron chi connectivity index (χ1n) is 6.09. The zero-order valence-corrected chi connectivity index (χ0v) is 10.9. The van der Waals surface area contributed by atoms with Gasteiger partial charge < -0.3 is 5.11 Å². The van der Waals surface area contributed by atoms with Gasteiger partial charge in [0.25, 0.3) is 0 Å². The maximum Gasteiger partial charge on any atom is 0.0769 e. The quantitative estimate of drug-likeness (QED) is 0.851. The molecule has 1 heterocycles. The number of hydrogen-bond donors (Lipinski definition) is 1. The molecule has 90 valence electrons. The van der Waals surface area contributed by atoms with Gasteiger partial charge in [0.1, 0.15) is 0 Å². The topological polar surface area (TPSA) is 33.1 Å². The lowest BCUT2D eigenvalue weighted by Gasteiger charge is -2.14. The fourth-order valence-corrected chi connectivity index (χ4v) is 2.24. The molecule has 0 aliphatic rings. The highest BCUT2D eigenvalue weighted by atomic mass is 16.3. The summed E-state index contributed by atoms with van der Waals surface area (Å²) in [5.41, 5.74) is 4.20. The molecular formula is C15H19NO. The number of aliphatic hydroxyl groups excluding tert-OH is 1. The van der Waals surface area contributed by atoms with Crippen LogP contribution in [0.4, 0.5) is 0 Å². The van der Waals surface area contributed by atoms with Crippen molar-refractivity contribution in [3.8, 4) is 0 Å². The molecule has 2 aromatic rings. The Hall–Kier alpha value is -1.41. The second kappa shape index (κ2) is 4.46. The molecule has 0 aliphatic heterocycles. The lowest BCUT2D eigenvalue weighted by atomic mass is 9.96. The molecular weight excluding hydrogens is 210 g/mol. The van der Waals surface area contributed by atoms with E-state index in [0.717, 1.165) is 22.2 Å². The van der Waals surface area contributed by atoms with Crippen molar-refractivity contribution in [3.63, 3.8) is 0 Å². The Kier molecular flexibility index (Phi) is 3.16. The summed E-state index contributed by atoms with van der Waals surface area (Å²) in [6.45, 7) is 8.11. The van der Waals surface area contributed by atoms with E-state index < -0.39 is 6.10 Å². The fourth-order valence-electron chi connectivity index (χ4n) is 2.24. The van der Waals surface area contributed by atoms with Gasteiger partial charge in [-0.3, -0.25) is 4.98 Å². The predicted molar refractivity (Wildman–Crippen MR) is 71.2 cm³/mol. The molecule has 0 fully saturated rings. The van der Waals surface area contributed by atoms with Crippen LogP contribution < -0.4 is 0 Å². The molecule has 2 nitrogen and oxygen atoms in total. The number of benzene rings is 1. The molecule has 0 spiro atoms. The molecule has 0 bridgehead atoms. The lowest BCUT2D eigenvalue weighted by Crippen LogP contribution is -1.99. The first kappa shape index (κ1) is 12.1. The van der Waals surface area contributed by atoms with Crippen LogP contribution in [0.3, 0.4) is 0 Å². The average molecular weight is 229 g/mol. The zero-order chi connectivity index (χ0) is 12.6. The number of nitrogens with zero attached hydrogens (tertiary/aromatic N) is 1. The van der Waals surface area contributed by atoms with Crippen LogP contribution in [0.2, 0.25) is 0 Å². The number of fused-ring (bicyclic) bond motifs is 1. The van der Waals surface area contributed by atoms with Gasteiger partial charge in [0.2, 0.25) is 0 Å². The molecule has 0 saturated heterocycles. The van der Waals surface area contributed by atoms with E-state index in [1.165, 1.54) is 5.56 Å². The maximum atomic E-state index is 9.85. The van der Waals surface area contributed by atoms with E-state index in [9.17, 15) is 5.11 Å². The van der Waals surface area contributed by atoms with Crippen LogP contribution in [0.15, 0.2) is 24.3 Å². The smallest absolute Gasteiger partial charge is 0.0769 e. The van der Waals surface area contributed by atoms with Crippen molar-refractivity contribution in [3.05, 3.63) is 41.1 Å². The van der Waals surface area contributed by atoms with Crippen LogP contribution in [0.5, 0.6) is 0 Å². The van der Waals surface area contributed by atoms with Gasteiger partial charge in [-0.15, -0.1) is 0 Å². The van der Waals surface area contributed by atoms with E-state index in [1.54, 1.807) is 6.92 Å². The molecule has 0 amide bonds. The highest BCUT2D eigenvalue weighted by Crippen LogP contribution is 2.29. The minimum absolute atomic E-state index is 0.440. The number of para-hydroxylation sites is 1. The van der Waals surface area contributed by atoms with Crippen LogP contribution in [0, 0.1) is 6.92 Å². The van der Waals surface area contributed by atoms with Gasteiger partial charge >= 0.3 is 0 Å². The minimum Gasteiger partial charge on any atom is -0.389 e. The SMILES string of the molecule is Cc1cc(C(C)O)c2cccc(C(C)C)c2n1.